The van der Waals surface area contributed by atoms with E-state index in [1.54, 1.807) is 10.9 Å². The van der Waals surface area contributed by atoms with Crippen LogP contribution >= 0.6 is 11.5 Å². The van der Waals surface area contributed by atoms with Crippen LogP contribution in [0.2, 0.25) is 0 Å². The Hall–Kier alpha value is -3.88. The number of likely N-dealkylation sites (tertiary alicyclic amines) is 1. The second kappa shape index (κ2) is 11.5. The van der Waals surface area contributed by atoms with Gasteiger partial charge >= 0.3 is 0 Å². The van der Waals surface area contributed by atoms with Crippen molar-refractivity contribution in [2.24, 2.45) is 11.7 Å². The normalized spacial score (nSPS) is 20.7. The van der Waals surface area contributed by atoms with E-state index in [9.17, 15) is 15.2 Å². The summed E-state index contributed by atoms with van der Waals surface area (Å²) < 4.78 is 5.90. The first-order valence-electron chi connectivity index (χ1n) is 13.9. The fraction of sp³-hybridized carbons (Fsp3) is 0.355. The number of anilines is 1. The number of hydrogen-bond donors (Lipinski definition) is 3. The number of carbonyl (C=O) groups excluding carboxylic acids is 1. The lowest BCUT2D eigenvalue weighted by atomic mass is 9.84. The first kappa shape index (κ1) is 27.3. The number of nitrogens with two attached hydrogens (primary N) is 1. The highest BCUT2D eigenvalue weighted by Crippen LogP contribution is 2.48. The first-order valence-corrected chi connectivity index (χ1v) is 14.8. The molecular weight excluding hydrogens is 534 g/mol. The van der Waals surface area contributed by atoms with E-state index in [4.69, 9.17) is 10.8 Å². The molecule has 0 spiro atoms. The van der Waals surface area contributed by atoms with Gasteiger partial charge in [0.25, 0.3) is 0 Å². The molecule has 4 aromatic rings. The molecule has 2 aromatic heterocycles. The van der Waals surface area contributed by atoms with Crippen molar-refractivity contribution < 1.29 is 9.90 Å². The van der Waals surface area contributed by atoms with Gasteiger partial charge in [-0.3, -0.25) is 14.4 Å². The van der Waals surface area contributed by atoms with Crippen LogP contribution in [0.25, 0.3) is 11.1 Å². The molecule has 1 unspecified atom stereocenters. The maximum absolute atomic E-state index is 13.0. The first-order chi connectivity index (χ1) is 20.0. The Morgan fingerprint density at radius 1 is 1.17 bits per heavy atom. The zero-order valence-electron chi connectivity index (χ0n) is 22.7. The fourth-order valence-electron chi connectivity index (χ4n) is 5.86. The van der Waals surface area contributed by atoms with Crippen LogP contribution in [0.15, 0.2) is 72.4 Å². The molecule has 3 atom stereocenters. The zero-order valence-corrected chi connectivity index (χ0v) is 23.5. The molecule has 1 saturated heterocycles. The van der Waals surface area contributed by atoms with Crippen molar-refractivity contribution in [2.45, 2.75) is 49.9 Å². The number of nitriles is 1. The third kappa shape index (κ3) is 5.80. The quantitative estimate of drug-likeness (QED) is 0.252. The van der Waals surface area contributed by atoms with E-state index >= 15 is 0 Å². The van der Waals surface area contributed by atoms with E-state index in [-0.39, 0.29) is 30.0 Å². The molecule has 1 aliphatic heterocycles. The molecule has 2 fully saturated rings. The molecular formula is C31H33N7O2S. The molecule has 1 aliphatic carbocycles. The number of aromatic nitrogens is 3. The number of nitrogens with zero attached hydrogens (tertiary/aromatic N) is 5. The van der Waals surface area contributed by atoms with Gasteiger partial charge in [0.2, 0.25) is 5.91 Å². The molecule has 1 amide bonds. The van der Waals surface area contributed by atoms with Gasteiger partial charge in [0, 0.05) is 43.3 Å². The van der Waals surface area contributed by atoms with Crippen molar-refractivity contribution in [1.82, 2.24) is 19.1 Å². The number of piperidine rings is 1. The molecule has 2 aromatic carbocycles. The third-order valence-electron chi connectivity index (χ3n) is 8.46. The van der Waals surface area contributed by atoms with E-state index in [1.807, 2.05) is 29.8 Å². The summed E-state index contributed by atoms with van der Waals surface area (Å²) in [5.41, 5.74) is 10.4. The smallest absolute Gasteiger partial charge is 0.229 e. The van der Waals surface area contributed by atoms with E-state index < -0.39 is 11.8 Å². The van der Waals surface area contributed by atoms with Gasteiger partial charge in [0.15, 0.2) is 5.82 Å². The highest BCUT2D eigenvalue weighted by Gasteiger charge is 2.45. The van der Waals surface area contributed by atoms with Gasteiger partial charge in [-0.2, -0.15) is 10.4 Å². The van der Waals surface area contributed by atoms with Gasteiger partial charge in [-0.15, -0.1) is 0 Å². The number of amides is 1. The average Bonchev–Trinajstić information content (AvgIpc) is 3.37. The second-order valence-electron chi connectivity index (χ2n) is 11.1. The summed E-state index contributed by atoms with van der Waals surface area (Å²) in [4.78, 5) is 15.4. The van der Waals surface area contributed by atoms with Gasteiger partial charge in [0.1, 0.15) is 6.23 Å². The van der Waals surface area contributed by atoms with Crippen LogP contribution in [0.3, 0.4) is 0 Å². The predicted molar refractivity (Wildman–Crippen MR) is 158 cm³/mol. The molecule has 3 heterocycles. The Balaban J connectivity index is 1.13. The van der Waals surface area contributed by atoms with E-state index in [1.165, 1.54) is 28.2 Å². The monoisotopic (exact) mass is 567 g/mol. The molecule has 10 heteroatoms. The standard InChI is InChI=1S/C31H33N7O2S/c32-13-10-31(11-14-37(15-12-31)18-21-6-8-23(9-7-21)22-4-2-1-3-5-22)38-19-27(28(33)39)29(36-38)35-30(40)26-16-25(26)24-17-34-41-20-24/h1-9,17,19-20,25-26,28,39H,10-12,14-16,18,33H2,(H,35,36,40)/t25-,26+,28?/m1/s1. The Morgan fingerprint density at radius 2 is 1.90 bits per heavy atom. The van der Waals surface area contributed by atoms with Crippen molar-refractivity contribution >= 4 is 23.3 Å². The van der Waals surface area contributed by atoms with Crippen LogP contribution in [0.4, 0.5) is 5.82 Å². The maximum atomic E-state index is 13.0. The van der Waals surface area contributed by atoms with Gasteiger partial charge in [-0.1, -0.05) is 54.6 Å². The van der Waals surface area contributed by atoms with Gasteiger partial charge < -0.3 is 16.2 Å². The van der Waals surface area contributed by atoms with E-state index in [2.05, 4.69) is 57.1 Å². The second-order valence-corrected chi connectivity index (χ2v) is 11.8. The fourth-order valence-corrected chi connectivity index (χ4v) is 6.46. The molecule has 0 bridgehead atoms. The Labute approximate surface area is 243 Å². The van der Waals surface area contributed by atoms with Gasteiger partial charge in [-0.25, -0.2) is 4.37 Å². The Bertz CT molecular complexity index is 1520. The molecule has 6 rings (SSSR count). The summed E-state index contributed by atoms with van der Waals surface area (Å²) >= 11 is 1.38. The molecule has 2 aliphatic rings. The van der Waals surface area contributed by atoms with E-state index in [0.29, 0.717) is 18.4 Å². The number of aliphatic hydroxyl groups excluding tert-OH is 1. The van der Waals surface area contributed by atoms with Crippen LogP contribution < -0.4 is 11.1 Å². The minimum absolute atomic E-state index is 0.143. The molecule has 9 nitrogen and oxygen atoms in total. The average molecular weight is 568 g/mol. The van der Waals surface area contributed by atoms with Crippen molar-refractivity contribution in [3.63, 3.8) is 0 Å². The number of aliphatic hydroxyl groups is 1. The van der Waals surface area contributed by atoms with Gasteiger partial charge in [-0.05, 0) is 59.0 Å². The zero-order chi connectivity index (χ0) is 28.4. The molecule has 0 radical (unpaired) electrons. The van der Waals surface area contributed by atoms with Crippen LogP contribution in [0.1, 0.15) is 54.5 Å². The molecule has 1 saturated carbocycles. The van der Waals surface area contributed by atoms with Crippen LogP contribution in [-0.2, 0) is 16.9 Å². The third-order valence-corrected chi connectivity index (χ3v) is 9.06. The highest BCUT2D eigenvalue weighted by atomic mass is 32.1. The maximum Gasteiger partial charge on any atom is 0.229 e. The van der Waals surface area contributed by atoms with Crippen molar-refractivity contribution in [3.05, 3.63) is 89.1 Å². The topological polar surface area (TPSA) is 133 Å². The van der Waals surface area contributed by atoms with E-state index in [0.717, 1.165) is 31.6 Å². The summed E-state index contributed by atoms with van der Waals surface area (Å²) in [6, 6.07) is 21.4. The minimum Gasteiger partial charge on any atom is -0.374 e. The van der Waals surface area contributed by atoms with Gasteiger partial charge in [0.05, 0.1) is 23.6 Å². The van der Waals surface area contributed by atoms with Crippen molar-refractivity contribution in [1.29, 1.82) is 5.26 Å². The van der Waals surface area contributed by atoms with Crippen LogP contribution in [-0.4, -0.2) is 43.2 Å². The summed E-state index contributed by atoms with van der Waals surface area (Å²) in [7, 11) is 0. The van der Waals surface area contributed by atoms with Crippen molar-refractivity contribution in [2.75, 3.05) is 18.4 Å². The van der Waals surface area contributed by atoms with Crippen LogP contribution in [0.5, 0.6) is 0 Å². The van der Waals surface area contributed by atoms with Crippen LogP contribution in [0, 0.1) is 17.2 Å². The summed E-state index contributed by atoms with van der Waals surface area (Å²) in [5.74, 6) is 0.122. The van der Waals surface area contributed by atoms with Crippen molar-refractivity contribution in [3.8, 4) is 17.2 Å². The Kier molecular flexibility index (Phi) is 7.69. The lowest BCUT2D eigenvalue weighted by molar-refractivity contribution is -0.117. The molecule has 41 heavy (non-hydrogen) atoms. The minimum atomic E-state index is -1.30. The largest absolute Gasteiger partial charge is 0.374 e. The molecule has 4 N–H and O–H groups in total. The number of carbonyl (C=O) groups is 1. The summed E-state index contributed by atoms with van der Waals surface area (Å²) in [6.07, 6.45) is 4.67. The lowest BCUT2D eigenvalue weighted by Gasteiger charge is -2.40. The number of rotatable bonds is 9. The SMILES string of the molecule is N#CCC1(n2cc(C(N)O)c(NC(=O)[C@H]3C[C@@H]3c3cnsc3)n2)CCN(Cc2ccc(-c3ccccc3)cc2)CC1. The highest BCUT2D eigenvalue weighted by molar-refractivity contribution is 7.03. The summed E-state index contributed by atoms with van der Waals surface area (Å²) in [5, 5.41) is 29.6. The number of hydrogen-bond acceptors (Lipinski definition) is 8. The predicted octanol–water partition coefficient (Wildman–Crippen LogP) is 4.60. The lowest BCUT2D eigenvalue weighted by Crippen LogP contribution is -2.46. The molecule has 210 valence electrons. The Morgan fingerprint density at radius 3 is 2.56 bits per heavy atom. The number of nitrogens with one attached hydrogen (secondary N) is 1. The summed E-state index contributed by atoms with van der Waals surface area (Å²) in [6.45, 7) is 2.41. The number of benzene rings is 2.